The van der Waals surface area contributed by atoms with Gasteiger partial charge in [-0.25, -0.2) is 9.18 Å². The van der Waals surface area contributed by atoms with Gasteiger partial charge in [-0.1, -0.05) is 24.3 Å². The molecule has 33 heavy (non-hydrogen) atoms. The molecule has 1 saturated heterocycles. The monoisotopic (exact) mass is 472 g/mol. The highest BCUT2D eigenvalue weighted by molar-refractivity contribution is 6.27. The molecule has 1 aliphatic heterocycles. The number of rotatable bonds is 9. The quantitative estimate of drug-likeness (QED) is 0.413. The van der Waals surface area contributed by atoms with Gasteiger partial charge in [-0.05, 0) is 29.3 Å². The summed E-state index contributed by atoms with van der Waals surface area (Å²) in [7, 11) is 0. The highest BCUT2D eigenvalue weighted by Crippen LogP contribution is 2.29. The number of aromatic nitrogens is 3. The van der Waals surface area contributed by atoms with Crippen molar-refractivity contribution in [3.8, 4) is 11.1 Å². The smallest absolute Gasteiger partial charge is 0.414 e. The minimum absolute atomic E-state index is 0.147. The summed E-state index contributed by atoms with van der Waals surface area (Å²) in [6.45, 7) is 1.58. The number of amides is 2. The van der Waals surface area contributed by atoms with Crippen molar-refractivity contribution in [3.05, 3.63) is 65.7 Å². The van der Waals surface area contributed by atoms with Gasteiger partial charge in [-0.2, -0.15) is 15.4 Å². The molecule has 0 bridgehead atoms. The molecule has 3 aromatic rings. The average molecular weight is 473 g/mol. The fraction of sp³-hybridized carbons (Fsp3) is 0.273. The summed E-state index contributed by atoms with van der Waals surface area (Å²) in [4.78, 5) is 24.8. The molecule has 1 aromatic heterocycles. The Morgan fingerprint density at radius 3 is 2.76 bits per heavy atom. The van der Waals surface area contributed by atoms with E-state index >= 15 is 0 Å². The predicted molar refractivity (Wildman–Crippen MR) is 120 cm³/mol. The van der Waals surface area contributed by atoms with Crippen LogP contribution in [0.15, 0.2) is 48.7 Å². The third-order valence-electron chi connectivity index (χ3n) is 5.15. The number of carbonyl (C=O) groups excluding carboxylic acids is 2. The fourth-order valence-corrected chi connectivity index (χ4v) is 3.56. The molecule has 0 spiro atoms. The van der Waals surface area contributed by atoms with Crippen LogP contribution in [-0.4, -0.2) is 52.5 Å². The Balaban J connectivity index is 1.37. The van der Waals surface area contributed by atoms with Gasteiger partial charge in [0.05, 0.1) is 30.7 Å². The molecule has 4 rings (SSSR count). The molecule has 11 heteroatoms. The van der Waals surface area contributed by atoms with Crippen molar-refractivity contribution < 1.29 is 18.7 Å². The van der Waals surface area contributed by atoms with E-state index in [9.17, 15) is 14.0 Å². The van der Waals surface area contributed by atoms with E-state index in [1.807, 2.05) is 24.3 Å². The number of hydrogen-bond acceptors (Lipinski definition) is 6. The first-order chi connectivity index (χ1) is 16.0. The van der Waals surface area contributed by atoms with Gasteiger partial charge in [0, 0.05) is 18.7 Å². The first kappa shape index (κ1) is 22.7. The van der Waals surface area contributed by atoms with E-state index in [0.717, 1.165) is 16.8 Å². The molecule has 172 valence electrons. The minimum atomic E-state index is -0.588. The average Bonchev–Trinajstić information content (AvgIpc) is 3.47. The van der Waals surface area contributed by atoms with Crippen LogP contribution in [-0.2, 0) is 22.6 Å². The summed E-state index contributed by atoms with van der Waals surface area (Å²) in [6.07, 6.45) is 0.539. The van der Waals surface area contributed by atoms with Crippen LogP contribution >= 0.6 is 11.6 Å². The van der Waals surface area contributed by atoms with Crippen molar-refractivity contribution >= 4 is 29.3 Å². The van der Waals surface area contributed by atoms with E-state index in [4.69, 9.17) is 16.3 Å². The summed E-state index contributed by atoms with van der Waals surface area (Å²) in [6, 6.07) is 12.2. The Labute approximate surface area is 194 Å². The van der Waals surface area contributed by atoms with Gasteiger partial charge >= 0.3 is 6.09 Å². The Morgan fingerprint density at radius 1 is 1.24 bits per heavy atom. The number of ether oxygens (including phenoxy) is 1. The molecule has 1 aliphatic rings. The van der Waals surface area contributed by atoms with Crippen LogP contribution in [0.2, 0.25) is 0 Å². The van der Waals surface area contributed by atoms with Crippen molar-refractivity contribution in [2.45, 2.75) is 19.2 Å². The van der Waals surface area contributed by atoms with Gasteiger partial charge in [0.2, 0.25) is 5.91 Å². The van der Waals surface area contributed by atoms with Crippen LogP contribution in [0.3, 0.4) is 0 Å². The number of benzene rings is 2. The topological polar surface area (TPSA) is 112 Å². The van der Waals surface area contributed by atoms with Crippen LogP contribution in [0.1, 0.15) is 11.3 Å². The molecule has 1 atom stereocenters. The third-order valence-corrected chi connectivity index (χ3v) is 5.39. The van der Waals surface area contributed by atoms with Gasteiger partial charge in [-0.3, -0.25) is 9.69 Å². The highest BCUT2D eigenvalue weighted by atomic mass is 35.5. The molecule has 9 nitrogen and oxygen atoms in total. The Hall–Kier alpha value is -3.50. The van der Waals surface area contributed by atoms with E-state index < -0.39 is 18.0 Å². The second kappa shape index (κ2) is 10.4. The molecule has 3 N–H and O–H groups in total. The molecule has 0 saturated carbocycles. The lowest BCUT2D eigenvalue weighted by atomic mass is 10.0. The first-order valence-electron chi connectivity index (χ1n) is 10.3. The Bertz CT molecular complexity index is 1110. The molecule has 0 unspecified atom stereocenters. The Morgan fingerprint density at radius 2 is 2.06 bits per heavy atom. The normalized spacial score (nSPS) is 15.5. The van der Waals surface area contributed by atoms with Gasteiger partial charge in [0.15, 0.2) is 0 Å². The molecule has 2 aromatic carbocycles. The zero-order valence-corrected chi connectivity index (χ0v) is 18.3. The predicted octanol–water partition coefficient (Wildman–Crippen LogP) is 2.58. The van der Waals surface area contributed by atoms with Crippen molar-refractivity contribution in [1.29, 1.82) is 0 Å². The summed E-state index contributed by atoms with van der Waals surface area (Å²) < 4.78 is 20.1. The zero-order valence-electron chi connectivity index (χ0n) is 17.6. The van der Waals surface area contributed by atoms with Gasteiger partial charge in [0.1, 0.15) is 17.8 Å². The van der Waals surface area contributed by atoms with Crippen LogP contribution < -0.4 is 15.5 Å². The number of anilines is 1. The van der Waals surface area contributed by atoms with E-state index in [1.165, 1.54) is 11.0 Å². The zero-order chi connectivity index (χ0) is 23.2. The number of nitrogens with zero attached hydrogens (tertiary/aromatic N) is 3. The van der Waals surface area contributed by atoms with Crippen LogP contribution in [0.4, 0.5) is 14.9 Å². The molecular formula is C22H22ClFN6O3. The first-order valence-corrected chi connectivity index (χ1v) is 10.8. The summed E-state index contributed by atoms with van der Waals surface area (Å²) in [5, 5.41) is 16.1. The number of carbonyl (C=O) groups is 2. The standard InChI is InChI=1S/C22H22ClFN6O3/c23-8-21(31)26-12-18-13-30(22(32)33-18)17-5-6-19(20(24)7-17)15-3-1-14(2-4-15)9-25-10-16-11-27-29-28-16/h1-7,11,18,25H,8-10,12-13H2,(H,26,31)(H,27,28,29)/t18-/m0/s1. The van der Waals surface area contributed by atoms with Crippen molar-refractivity contribution in [2.75, 3.05) is 23.9 Å². The number of halogens is 2. The maximum absolute atomic E-state index is 14.9. The van der Waals surface area contributed by atoms with E-state index in [-0.39, 0.29) is 24.9 Å². The lowest BCUT2D eigenvalue weighted by Gasteiger charge is -2.15. The maximum atomic E-state index is 14.9. The third kappa shape index (κ3) is 5.65. The molecule has 0 radical (unpaired) electrons. The second-order valence-corrected chi connectivity index (χ2v) is 7.75. The molecule has 0 aliphatic carbocycles. The van der Waals surface area contributed by atoms with Crippen molar-refractivity contribution in [1.82, 2.24) is 26.0 Å². The van der Waals surface area contributed by atoms with E-state index in [0.29, 0.717) is 24.3 Å². The van der Waals surface area contributed by atoms with Crippen LogP contribution in [0.5, 0.6) is 0 Å². The van der Waals surface area contributed by atoms with E-state index in [2.05, 4.69) is 26.0 Å². The van der Waals surface area contributed by atoms with Gasteiger partial charge in [0.25, 0.3) is 0 Å². The lowest BCUT2D eigenvalue weighted by Crippen LogP contribution is -2.35. The summed E-state index contributed by atoms with van der Waals surface area (Å²) in [5.74, 6) is -0.966. The number of hydrogen-bond donors (Lipinski definition) is 3. The molecule has 2 amide bonds. The van der Waals surface area contributed by atoms with Crippen molar-refractivity contribution in [2.24, 2.45) is 0 Å². The highest BCUT2D eigenvalue weighted by Gasteiger charge is 2.32. The van der Waals surface area contributed by atoms with Gasteiger partial charge < -0.3 is 15.4 Å². The minimum Gasteiger partial charge on any atom is -0.442 e. The SMILES string of the molecule is O=C(CCl)NC[C@H]1CN(c2ccc(-c3ccc(CNCc4cn[nH]n4)cc3)c(F)c2)C(=O)O1. The summed E-state index contributed by atoms with van der Waals surface area (Å²) >= 11 is 5.44. The van der Waals surface area contributed by atoms with Crippen molar-refractivity contribution in [3.63, 3.8) is 0 Å². The van der Waals surface area contributed by atoms with Gasteiger partial charge in [-0.15, -0.1) is 11.6 Å². The lowest BCUT2D eigenvalue weighted by molar-refractivity contribution is -0.119. The number of alkyl halides is 1. The number of H-pyrrole nitrogens is 1. The van der Waals surface area contributed by atoms with E-state index in [1.54, 1.807) is 18.3 Å². The maximum Gasteiger partial charge on any atom is 0.414 e. The number of cyclic esters (lactones) is 1. The van der Waals surface area contributed by atoms with Crippen LogP contribution in [0, 0.1) is 5.82 Å². The largest absolute Gasteiger partial charge is 0.442 e. The van der Waals surface area contributed by atoms with Crippen LogP contribution in [0.25, 0.3) is 11.1 Å². The fourth-order valence-electron chi connectivity index (χ4n) is 3.47. The molecular weight excluding hydrogens is 451 g/mol. The number of aromatic amines is 1. The molecule has 2 heterocycles. The Kier molecular flexibility index (Phi) is 7.16. The summed E-state index contributed by atoms with van der Waals surface area (Å²) in [5.41, 5.74) is 3.42. The number of nitrogens with one attached hydrogen (secondary N) is 3. The second-order valence-electron chi connectivity index (χ2n) is 7.48. The molecule has 1 fully saturated rings.